The summed E-state index contributed by atoms with van der Waals surface area (Å²) in [6.45, 7) is 4.06. The van der Waals surface area contributed by atoms with E-state index >= 15 is 0 Å². The van der Waals surface area contributed by atoms with Gasteiger partial charge in [-0.05, 0) is 13.3 Å². The number of carbonyl (C=O) groups is 2. The Bertz CT molecular complexity index is 268. The maximum absolute atomic E-state index is 11.4. The fourth-order valence-corrected chi connectivity index (χ4v) is 1.20. The summed E-state index contributed by atoms with van der Waals surface area (Å²) < 4.78 is 4.71. The van der Waals surface area contributed by atoms with Gasteiger partial charge in [-0.15, -0.1) is 6.42 Å². The molecule has 0 fully saturated rings. The molecule has 1 N–H and O–H groups in total. The van der Waals surface area contributed by atoms with Crippen molar-refractivity contribution in [2.75, 3.05) is 6.61 Å². The van der Waals surface area contributed by atoms with E-state index in [1.807, 2.05) is 6.92 Å². The Morgan fingerprint density at radius 2 is 2.06 bits per heavy atom. The highest BCUT2D eigenvalue weighted by atomic mass is 16.5. The summed E-state index contributed by atoms with van der Waals surface area (Å²) in [5.74, 6) is 1.94. The van der Waals surface area contributed by atoms with Crippen LogP contribution < -0.4 is 5.32 Å². The molecule has 0 saturated heterocycles. The zero-order valence-corrected chi connectivity index (χ0v) is 9.91. The van der Waals surface area contributed by atoms with Crippen LogP contribution in [0.1, 0.15) is 39.5 Å². The quantitative estimate of drug-likeness (QED) is 0.524. The lowest BCUT2D eigenvalue weighted by atomic mass is 10.1. The second-order valence-electron chi connectivity index (χ2n) is 3.38. The summed E-state index contributed by atoms with van der Waals surface area (Å²) in [4.78, 5) is 22.4. The molecule has 1 atom stereocenters. The summed E-state index contributed by atoms with van der Waals surface area (Å²) in [5.41, 5.74) is 0. The van der Waals surface area contributed by atoms with Crippen LogP contribution in [0.5, 0.6) is 0 Å². The van der Waals surface area contributed by atoms with Gasteiger partial charge in [0.15, 0.2) is 0 Å². The van der Waals surface area contributed by atoms with Gasteiger partial charge in [0, 0.05) is 6.42 Å². The van der Waals surface area contributed by atoms with Crippen molar-refractivity contribution in [3.8, 4) is 12.3 Å². The number of terminal acetylenes is 1. The number of hydrogen-bond acceptors (Lipinski definition) is 3. The van der Waals surface area contributed by atoms with E-state index in [-0.39, 0.29) is 30.8 Å². The van der Waals surface area contributed by atoms with Crippen molar-refractivity contribution >= 4 is 11.9 Å². The number of esters is 1. The first-order chi connectivity index (χ1) is 7.63. The molecule has 0 aromatic rings. The average Bonchev–Trinajstić information content (AvgIpc) is 2.26. The van der Waals surface area contributed by atoms with Crippen LogP contribution in [0.15, 0.2) is 0 Å². The normalized spacial score (nSPS) is 11.3. The zero-order valence-electron chi connectivity index (χ0n) is 9.91. The molecule has 0 spiro atoms. The molecule has 90 valence electrons. The number of hydrogen-bond donors (Lipinski definition) is 1. The standard InChI is InChI=1S/C12H19NO3/c1-4-7-10(5-2)13-11(14)8-9-12(15)16-6-3/h2,10H,4,6-9H2,1,3H3,(H,13,14). The maximum Gasteiger partial charge on any atom is 0.306 e. The fourth-order valence-electron chi connectivity index (χ4n) is 1.20. The second kappa shape index (κ2) is 8.78. The molecule has 0 aromatic heterocycles. The molecule has 0 aliphatic carbocycles. The van der Waals surface area contributed by atoms with Crippen molar-refractivity contribution < 1.29 is 14.3 Å². The molecule has 0 aliphatic heterocycles. The van der Waals surface area contributed by atoms with Gasteiger partial charge >= 0.3 is 5.97 Å². The monoisotopic (exact) mass is 225 g/mol. The van der Waals surface area contributed by atoms with E-state index in [1.165, 1.54) is 0 Å². The molecule has 16 heavy (non-hydrogen) atoms. The van der Waals surface area contributed by atoms with Crippen LogP contribution in [0.2, 0.25) is 0 Å². The topological polar surface area (TPSA) is 55.4 Å². The molecule has 0 saturated carbocycles. The summed E-state index contributed by atoms with van der Waals surface area (Å²) in [6.07, 6.45) is 7.14. The Balaban J connectivity index is 3.81. The lowest BCUT2D eigenvalue weighted by Gasteiger charge is -2.11. The van der Waals surface area contributed by atoms with Gasteiger partial charge < -0.3 is 10.1 Å². The third kappa shape index (κ3) is 6.88. The van der Waals surface area contributed by atoms with Gasteiger partial charge in [-0.1, -0.05) is 19.3 Å². The molecule has 1 amide bonds. The van der Waals surface area contributed by atoms with Gasteiger partial charge in [0.25, 0.3) is 0 Å². The lowest BCUT2D eigenvalue weighted by Crippen LogP contribution is -2.33. The highest BCUT2D eigenvalue weighted by Crippen LogP contribution is 1.98. The van der Waals surface area contributed by atoms with Crippen LogP contribution in [-0.2, 0) is 14.3 Å². The van der Waals surface area contributed by atoms with Crippen molar-refractivity contribution in [2.24, 2.45) is 0 Å². The largest absolute Gasteiger partial charge is 0.466 e. The van der Waals surface area contributed by atoms with Gasteiger partial charge in [-0.25, -0.2) is 0 Å². The summed E-state index contributed by atoms with van der Waals surface area (Å²) in [5, 5.41) is 2.68. The molecule has 0 heterocycles. The van der Waals surface area contributed by atoms with E-state index in [0.29, 0.717) is 6.61 Å². The Labute approximate surface area is 96.7 Å². The number of carbonyl (C=O) groups excluding carboxylic acids is 2. The van der Waals surface area contributed by atoms with E-state index in [4.69, 9.17) is 11.2 Å². The van der Waals surface area contributed by atoms with Crippen molar-refractivity contribution in [3.05, 3.63) is 0 Å². The van der Waals surface area contributed by atoms with Gasteiger partial charge in [-0.3, -0.25) is 9.59 Å². The Kier molecular flexibility index (Phi) is 7.96. The second-order valence-corrected chi connectivity index (χ2v) is 3.38. The lowest BCUT2D eigenvalue weighted by molar-refractivity contribution is -0.144. The molecule has 4 heteroatoms. The highest BCUT2D eigenvalue weighted by Gasteiger charge is 2.10. The van der Waals surface area contributed by atoms with Gasteiger partial charge in [0.2, 0.25) is 5.91 Å². The first-order valence-electron chi connectivity index (χ1n) is 5.55. The molecular weight excluding hydrogens is 206 g/mol. The first-order valence-corrected chi connectivity index (χ1v) is 5.55. The van der Waals surface area contributed by atoms with E-state index in [1.54, 1.807) is 6.92 Å². The Morgan fingerprint density at radius 3 is 2.56 bits per heavy atom. The molecule has 1 unspecified atom stereocenters. The smallest absolute Gasteiger partial charge is 0.306 e. The molecule has 0 aliphatic rings. The van der Waals surface area contributed by atoms with Crippen molar-refractivity contribution in [1.29, 1.82) is 0 Å². The number of rotatable bonds is 7. The minimum Gasteiger partial charge on any atom is -0.466 e. The van der Waals surface area contributed by atoms with Crippen molar-refractivity contribution in [2.45, 2.75) is 45.6 Å². The number of ether oxygens (including phenoxy) is 1. The first kappa shape index (κ1) is 14.5. The number of nitrogens with one attached hydrogen (secondary N) is 1. The van der Waals surface area contributed by atoms with Gasteiger partial charge in [0.05, 0.1) is 19.1 Å². The van der Waals surface area contributed by atoms with Crippen LogP contribution >= 0.6 is 0 Å². The summed E-state index contributed by atoms with van der Waals surface area (Å²) in [6, 6.07) is -0.236. The molecule has 0 bridgehead atoms. The van der Waals surface area contributed by atoms with E-state index < -0.39 is 0 Å². The van der Waals surface area contributed by atoms with Crippen LogP contribution in [-0.4, -0.2) is 24.5 Å². The van der Waals surface area contributed by atoms with Crippen molar-refractivity contribution in [1.82, 2.24) is 5.32 Å². The SMILES string of the molecule is C#CC(CCC)NC(=O)CCC(=O)OCC. The summed E-state index contributed by atoms with van der Waals surface area (Å²) in [7, 11) is 0. The maximum atomic E-state index is 11.4. The van der Waals surface area contributed by atoms with Crippen molar-refractivity contribution in [3.63, 3.8) is 0 Å². The predicted octanol–water partition coefficient (Wildman–Crippen LogP) is 1.25. The molecule has 0 radical (unpaired) electrons. The highest BCUT2D eigenvalue weighted by molar-refractivity contribution is 5.81. The van der Waals surface area contributed by atoms with E-state index in [0.717, 1.165) is 12.8 Å². The van der Waals surface area contributed by atoms with E-state index in [2.05, 4.69) is 11.2 Å². The molecule has 0 rings (SSSR count). The van der Waals surface area contributed by atoms with Crippen LogP contribution in [0.4, 0.5) is 0 Å². The molecule has 4 nitrogen and oxygen atoms in total. The Hall–Kier alpha value is -1.50. The third-order valence-corrected chi connectivity index (χ3v) is 1.98. The zero-order chi connectivity index (χ0) is 12.4. The van der Waals surface area contributed by atoms with Gasteiger partial charge in [0.1, 0.15) is 0 Å². The fraction of sp³-hybridized carbons (Fsp3) is 0.667. The minimum atomic E-state index is -0.356. The third-order valence-electron chi connectivity index (χ3n) is 1.98. The van der Waals surface area contributed by atoms with Crippen LogP contribution in [0.25, 0.3) is 0 Å². The van der Waals surface area contributed by atoms with Gasteiger partial charge in [-0.2, -0.15) is 0 Å². The van der Waals surface area contributed by atoms with E-state index in [9.17, 15) is 9.59 Å². The van der Waals surface area contributed by atoms with Crippen LogP contribution in [0, 0.1) is 12.3 Å². The van der Waals surface area contributed by atoms with Crippen LogP contribution in [0.3, 0.4) is 0 Å². The molecular formula is C12H19NO3. The molecule has 0 aromatic carbocycles. The number of amides is 1. The Morgan fingerprint density at radius 1 is 1.38 bits per heavy atom. The predicted molar refractivity (Wildman–Crippen MR) is 61.5 cm³/mol. The minimum absolute atomic E-state index is 0.100. The summed E-state index contributed by atoms with van der Waals surface area (Å²) >= 11 is 0. The average molecular weight is 225 g/mol.